The first-order valence-corrected chi connectivity index (χ1v) is 13.9. The number of nitrogens with two attached hydrogens (primary N) is 1. The highest BCUT2D eigenvalue weighted by Crippen LogP contribution is 2.38. The van der Waals surface area contributed by atoms with E-state index in [1.54, 1.807) is 0 Å². The lowest BCUT2D eigenvalue weighted by Gasteiger charge is -2.27. The van der Waals surface area contributed by atoms with Crippen molar-refractivity contribution in [2.45, 2.75) is 70.3 Å². The Bertz CT molecular complexity index is 639. The average molecular weight is 487 g/mol. The molecular weight excluding hydrogens is 439 g/mol. The summed E-state index contributed by atoms with van der Waals surface area (Å²) < 4.78 is 27.6. The number of quaternary nitrogens is 1. The van der Waals surface area contributed by atoms with Crippen LogP contribution in [0.2, 0.25) is 0 Å². The molecule has 0 saturated carbocycles. The Hall–Kier alpha value is -0.790. The Morgan fingerprint density at radius 3 is 2.03 bits per heavy atom. The molecule has 2 N–H and O–H groups in total. The molecule has 2 atom stereocenters. The average Bonchev–Trinajstić information content (AvgIpc) is 2.75. The zero-order valence-electron chi connectivity index (χ0n) is 21.1. The van der Waals surface area contributed by atoms with Crippen molar-refractivity contribution in [3.8, 4) is 0 Å². The molecule has 0 radical (unpaired) electrons. The number of benzene rings is 1. The molecule has 0 spiro atoms. The minimum atomic E-state index is -4.31. The van der Waals surface area contributed by atoms with Crippen LogP contribution in [0.25, 0.3) is 0 Å². The fraction of sp³-hybridized carbons (Fsp3) is 0.760. The summed E-state index contributed by atoms with van der Waals surface area (Å²) >= 11 is 0. The lowest BCUT2D eigenvalue weighted by atomic mass is 10.0. The van der Waals surface area contributed by atoms with Gasteiger partial charge in [-0.25, -0.2) is 0 Å². The fourth-order valence-electron chi connectivity index (χ4n) is 3.35. The molecule has 1 aromatic carbocycles. The summed E-state index contributed by atoms with van der Waals surface area (Å²) in [5.41, 5.74) is 7.32. The van der Waals surface area contributed by atoms with E-state index in [1.165, 1.54) is 56.9 Å². The number of aryl methyl sites for hydroxylation is 1. The van der Waals surface area contributed by atoms with Crippen molar-refractivity contribution in [2.75, 3.05) is 54.1 Å². The van der Waals surface area contributed by atoms with Gasteiger partial charge in [-0.05, 0) is 24.8 Å². The third kappa shape index (κ3) is 19.2. The van der Waals surface area contributed by atoms with Crippen molar-refractivity contribution in [3.05, 3.63) is 35.9 Å². The zero-order valence-corrected chi connectivity index (χ0v) is 22.0. The summed E-state index contributed by atoms with van der Waals surface area (Å²) in [7, 11) is 1.57. The van der Waals surface area contributed by atoms with E-state index in [9.17, 15) is 9.46 Å². The van der Waals surface area contributed by atoms with E-state index < -0.39 is 13.9 Å². The number of phosphoric acid groups is 1. The Kier molecular flexibility index (Phi) is 16.1. The maximum atomic E-state index is 11.7. The van der Waals surface area contributed by atoms with Gasteiger partial charge in [0.1, 0.15) is 13.2 Å². The van der Waals surface area contributed by atoms with Crippen LogP contribution in [-0.2, 0) is 24.8 Å². The van der Waals surface area contributed by atoms with Crippen molar-refractivity contribution in [3.63, 3.8) is 0 Å². The number of nitrogens with zero attached hydrogens (tertiary/aromatic N) is 1. The van der Waals surface area contributed by atoms with Gasteiger partial charge in [0.15, 0.2) is 0 Å². The van der Waals surface area contributed by atoms with Crippen LogP contribution in [0.15, 0.2) is 30.3 Å². The monoisotopic (exact) mass is 486 g/mol. The van der Waals surface area contributed by atoms with Crippen molar-refractivity contribution in [2.24, 2.45) is 5.73 Å². The van der Waals surface area contributed by atoms with Crippen molar-refractivity contribution >= 4 is 7.82 Å². The topological polar surface area (TPSA) is 93.8 Å². The van der Waals surface area contributed by atoms with Gasteiger partial charge >= 0.3 is 0 Å². The quantitative estimate of drug-likeness (QED) is 0.158. The van der Waals surface area contributed by atoms with E-state index in [0.717, 1.165) is 12.8 Å². The molecule has 0 saturated heterocycles. The molecule has 1 rings (SSSR count). The number of likely N-dealkylation sites (N-methyl/N-ethyl adjacent to an activating group) is 1. The highest BCUT2D eigenvalue weighted by atomic mass is 31.2. The lowest BCUT2D eigenvalue weighted by Crippen LogP contribution is -2.38. The van der Waals surface area contributed by atoms with Gasteiger partial charge in [-0.2, -0.15) is 0 Å². The van der Waals surface area contributed by atoms with E-state index in [1.807, 2.05) is 21.1 Å². The molecule has 0 fully saturated rings. The summed E-state index contributed by atoms with van der Waals surface area (Å²) in [5.74, 6) is 0. The molecule has 0 aliphatic heterocycles. The van der Waals surface area contributed by atoms with Gasteiger partial charge in [-0.3, -0.25) is 4.57 Å². The van der Waals surface area contributed by atoms with Crippen LogP contribution in [0.5, 0.6) is 0 Å². The zero-order chi connectivity index (χ0) is 24.4. The van der Waals surface area contributed by atoms with E-state index in [4.69, 9.17) is 19.5 Å². The summed E-state index contributed by atoms with van der Waals surface area (Å²) in [5, 5.41) is 0. The molecule has 0 aliphatic carbocycles. The van der Waals surface area contributed by atoms with E-state index in [0.29, 0.717) is 17.6 Å². The van der Waals surface area contributed by atoms with Crippen LogP contribution >= 0.6 is 7.82 Å². The molecule has 8 heteroatoms. The van der Waals surface area contributed by atoms with Crippen molar-refractivity contribution in [1.82, 2.24) is 0 Å². The Morgan fingerprint density at radius 1 is 0.848 bits per heavy atom. The smallest absolute Gasteiger partial charge is 0.268 e. The van der Waals surface area contributed by atoms with Crippen LogP contribution < -0.4 is 10.6 Å². The predicted octanol–water partition coefficient (Wildman–Crippen LogP) is 4.29. The molecule has 33 heavy (non-hydrogen) atoms. The van der Waals surface area contributed by atoms with Crippen molar-refractivity contribution in [1.29, 1.82) is 0 Å². The molecule has 0 bridgehead atoms. The normalized spacial score (nSPS) is 14.8. The second-order valence-electron chi connectivity index (χ2n) is 9.84. The summed E-state index contributed by atoms with van der Waals surface area (Å²) in [4.78, 5) is 11.7. The molecule has 7 nitrogen and oxygen atoms in total. The first-order valence-electron chi connectivity index (χ1n) is 12.5. The number of hydrogen-bond acceptors (Lipinski definition) is 6. The third-order valence-corrected chi connectivity index (χ3v) is 6.35. The summed E-state index contributed by atoms with van der Waals surface area (Å²) in [6, 6.07) is 10.2. The largest absolute Gasteiger partial charge is 0.756 e. The van der Waals surface area contributed by atoms with Crippen LogP contribution in [-0.4, -0.2) is 64.6 Å². The number of hydrogen-bond donors (Lipinski definition) is 1. The SMILES string of the molecule is C[N+](C)(C)CCOP(=O)([O-])OC[C@H](N)COCCCCCCCCCCCc1ccccc1. The van der Waals surface area contributed by atoms with Crippen molar-refractivity contribution < 1.29 is 27.7 Å². The van der Waals surface area contributed by atoms with Gasteiger partial charge < -0.3 is 28.9 Å². The van der Waals surface area contributed by atoms with Gasteiger partial charge in [0.05, 0.1) is 40.4 Å². The number of unbranched alkanes of at least 4 members (excludes halogenated alkanes) is 8. The van der Waals surface area contributed by atoms with Gasteiger partial charge in [-0.1, -0.05) is 75.3 Å². The molecule has 1 unspecified atom stereocenters. The van der Waals surface area contributed by atoms with Crippen LogP contribution in [0.3, 0.4) is 0 Å². The highest BCUT2D eigenvalue weighted by Gasteiger charge is 2.15. The Labute approximate surface area is 201 Å². The summed E-state index contributed by atoms with van der Waals surface area (Å²) in [6.07, 6.45) is 12.4. The second-order valence-corrected chi connectivity index (χ2v) is 11.3. The molecule has 0 amide bonds. The van der Waals surface area contributed by atoms with Crippen LogP contribution in [0.1, 0.15) is 63.4 Å². The molecular formula is C25H47N2O5P. The predicted molar refractivity (Wildman–Crippen MR) is 133 cm³/mol. The Morgan fingerprint density at radius 2 is 1.42 bits per heavy atom. The van der Waals surface area contributed by atoms with Gasteiger partial charge in [0.2, 0.25) is 0 Å². The number of ether oxygens (including phenoxy) is 1. The first-order chi connectivity index (χ1) is 15.7. The van der Waals surface area contributed by atoms with Gasteiger partial charge in [0, 0.05) is 6.61 Å². The fourth-order valence-corrected chi connectivity index (χ4v) is 4.10. The van der Waals surface area contributed by atoms with E-state index >= 15 is 0 Å². The molecule has 1 aromatic rings. The van der Waals surface area contributed by atoms with Crippen LogP contribution in [0.4, 0.5) is 0 Å². The molecule has 0 aliphatic rings. The third-order valence-electron chi connectivity index (χ3n) is 5.39. The maximum Gasteiger partial charge on any atom is 0.268 e. The van der Waals surface area contributed by atoms with Crippen LogP contribution in [0, 0.1) is 0 Å². The molecule has 192 valence electrons. The maximum absolute atomic E-state index is 11.7. The number of phosphoric ester groups is 1. The van der Waals surface area contributed by atoms with Gasteiger partial charge in [0.25, 0.3) is 7.82 Å². The molecule has 0 aromatic heterocycles. The van der Waals surface area contributed by atoms with Gasteiger partial charge in [-0.15, -0.1) is 0 Å². The minimum Gasteiger partial charge on any atom is -0.756 e. The first kappa shape index (κ1) is 30.2. The Balaban J connectivity index is 1.86. The number of rotatable bonds is 21. The minimum absolute atomic E-state index is 0.0876. The lowest BCUT2D eigenvalue weighted by molar-refractivity contribution is -0.870. The standard InChI is InChI=1S/C25H47N2O5P/c1-27(2,3)19-21-31-33(28,29)32-23-25(26)22-30-20-15-10-8-6-4-5-7-9-12-16-24-17-13-11-14-18-24/h11,13-14,17-18,25H,4-10,12,15-16,19-23,26H2,1-3H3/t25-/m1/s1. The van der Waals surface area contributed by atoms with E-state index in [-0.39, 0.29) is 19.8 Å². The highest BCUT2D eigenvalue weighted by molar-refractivity contribution is 7.45. The van der Waals surface area contributed by atoms with E-state index in [2.05, 4.69) is 30.3 Å². The second kappa shape index (κ2) is 17.6. The molecule has 0 heterocycles. The summed E-state index contributed by atoms with van der Waals surface area (Å²) in [6.45, 7) is 1.45.